The highest BCUT2D eigenvalue weighted by molar-refractivity contribution is 5.80. The monoisotopic (exact) mass is 238 g/mol. The Bertz CT molecular complexity index is 437. The summed E-state index contributed by atoms with van der Waals surface area (Å²) in [6.07, 6.45) is 0.598. The fourth-order valence-corrected chi connectivity index (χ4v) is 2.16. The molecule has 1 saturated heterocycles. The molecule has 0 saturated carbocycles. The number of rotatable bonds is 2. The standard InChI is InChI=1S/C12H15FN2O2/c13-9-1-2-11(8(5-9)7-14)12-6-10(16)3-4-15(12)17/h1-2,5,12,17H,3-4,6-7,14H2/t12-/m1/s1. The predicted octanol–water partition coefficient (Wildman–Crippen LogP) is 1.38. The first-order valence-electron chi connectivity index (χ1n) is 5.57. The number of hydrogen-bond acceptors (Lipinski definition) is 4. The van der Waals surface area contributed by atoms with Gasteiger partial charge >= 0.3 is 0 Å². The van der Waals surface area contributed by atoms with E-state index in [0.717, 1.165) is 10.6 Å². The van der Waals surface area contributed by atoms with E-state index in [4.69, 9.17) is 5.73 Å². The number of carbonyl (C=O) groups excluding carboxylic acids is 1. The maximum absolute atomic E-state index is 13.1. The molecule has 5 heteroatoms. The Morgan fingerprint density at radius 3 is 3.00 bits per heavy atom. The summed E-state index contributed by atoms with van der Waals surface area (Å²) in [6.45, 7) is 0.497. The highest BCUT2D eigenvalue weighted by Gasteiger charge is 2.28. The van der Waals surface area contributed by atoms with Gasteiger partial charge in [-0.05, 0) is 23.3 Å². The lowest BCUT2D eigenvalue weighted by atomic mass is 9.92. The molecule has 92 valence electrons. The number of halogens is 1. The quantitative estimate of drug-likeness (QED) is 0.816. The Labute approximate surface area is 98.8 Å². The Balaban J connectivity index is 2.34. The maximum Gasteiger partial charge on any atom is 0.136 e. The number of hydroxylamine groups is 2. The summed E-state index contributed by atoms with van der Waals surface area (Å²) in [5.41, 5.74) is 6.91. The Morgan fingerprint density at radius 2 is 2.29 bits per heavy atom. The molecular weight excluding hydrogens is 223 g/mol. The highest BCUT2D eigenvalue weighted by atomic mass is 19.1. The van der Waals surface area contributed by atoms with E-state index in [0.29, 0.717) is 18.5 Å². The molecule has 0 unspecified atom stereocenters. The maximum atomic E-state index is 13.1. The second-order valence-corrected chi connectivity index (χ2v) is 4.22. The predicted molar refractivity (Wildman–Crippen MR) is 59.8 cm³/mol. The van der Waals surface area contributed by atoms with E-state index >= 15 is 0 Å². The smallest absolute Gasteiger partial charge is 0.136 e. The molecule has 1 heterocycles. The third-order valence-corrected chi connectivity index (χ3v) is 3.08. The molecule has 1 aromatic carbocycles. The zero-order valence-corrected chi connectivity index (χ0v) is 9.40. The summed E-state index contributed by atoms with van der Waals surface area (Å²) >= 11 is 0. The Hall–Kier alpha value is -1.30. The normalized spacial score (nSPS) is 21.8. The molecule has 3 N–H and O–H groups in total. The Kier molecular flexibility index (Phi) is 3.51. The molecule has 1 aromatic rings. The van der Waals surface area contributed by atoms with Gasteiger partial charge in [-0.15, -0.1) is 0 Å². The molecule has 1 aliphatic rings. The lowest BCUT2D eigenvalue weighted by Crippen LogP contribution is -2.35. The van der Waals surface area contributed by atoms with Crippen LogP contribution in [0.25, 0.3) is 0 Å². The third kappa shape index (κ3) is 2.52. The highest BCUT2D eigenvalue weighted by Crippen LogP contribution is 2.30. The number of Topliss-reactive ketones (excluding diaryl/α,β-unsaturated/α-hetero) is 1. The molecule has 0 spiro atoms. The summed E-state index contributed by atoms with van der Waals surface area (Å²) in [7, 11) is 0. The van der Waals surface area contributed by atoms with Gasteiger partial charge in [0, 0.05) is 25.9 Å². The van der Waals surface area contributed by atoms with Gasteiger partial charge in [0.2, 0.25) is 0 Å². The molecule has 0 amide bonds. The van der Waals surface area contributed by atoms with E-state index < -0.39 is 6.04 Å². The van der Waals surface area contributed by atoms with Crippen LogP contribution >= 0.6 is 0 Å². The molecule has 0 radical (unpaired) electrons. The first kappa shape index (κ1) is 12.2. The van der Waals surface area contributed by atoms with E-state index in [1.807, 2.05) is 0 Å². The van der Waals surface area contributed by atoms with Gasteiger partial charge in [-0.3, -0.25) is 4.79 Å². The number of benzene rings is 1. The van der Waals surface area contributed by atoms with Gasteiger partial charge in [0.25, 0.3) is 0 Å². The van der Waals surface area contributed by atoms with E-state index in [1.54, 1.807) is 6.07 Å². The van der Waals surface area contributed by atoms with Crippen molar-refractivity contribution in [3.63, 3.8) is 0 Å². The zero-order valence-electron chi connectivity index (χ0n) is 9.40. The molecule has 1 atom stereocenters. The second-order valence-electron chi connectivity index (χ2n) is 4.22. The SMILES string of the molecule is NCc1cc(F)ccc1[C@H]1CC(=O)CCN1O. The third-order valence-electron chi connectivity index (χ3n) is 3.08. The largest absolute Gasteiger partial charge is 0.326 e. The average molecular weight is 238 g/mol. The van der Waals surface area contributed by atoms with Gasteiger partial charge in [-0.25, -0.2) is 4.39 Å². The van der Waals surface area contributed by atoms with Gasteiger partial charge in [-0.2, -0.15) is 5.06 Å². The van der Waals surface area contributed by atoms with Gasteiger partial charge < -0.3 is 10.9 Å². The fraction of sp³-hybridized carbons (Fsp3) is 0.417. The van der Waals surface area contributed by atoms with Crippen LogP contribution in [0.2, 0.25) is 0 Å². The lowest BCUT2D eigenvalue weighted by Gasteiger charge is -2.31. The number of hydrogen-bond donors (Lipinski definition) is 2. The van der Waals surface area contributed by atoms with Crippen LogP contribution in [0.5, 0.6) is 0 Å². The topological polar surface area (TPSA) is 66.6 Å². The molecule has 0 bridgehead atoms. The summed E-state index contributed by atoms with van der Waals surface area (Å²) in [5, 5.41) is 10.9. The summed E-state index contributed by atoms with van der Waals surface area (Å²) in [4.78, 5) is 11.4. The minimum Gasteiger partial charge on any atom is -0.326 e. The minimum absolute atomic E-state index is 0.104. The molecule has 1 aliphatic heterocycles. The second kappa shape index (κ2) is 4.91. The van der Waals surface area contributed by atoms with Crippen molar-refractivity contribution in [1.82, 2.24) is 5.06 Å². The first-order valence-corrected chi connectivity index (χ1v) is 5.57. The summed E-state index contributed by atoms with van der Waals surface area (Å²) in [6, 6.07) is 3.85. The fourth-order valence-electron chi connectivity index (χ4n) is 2.16. The van der Waals surface area contributed by atoms with Crippen molar-refractivity contribution in [2.75, 3.05) is 6.54 Å². The summed E-state index contributed by atoms with van der Waals surface area (Å²) in [5.74, 6) is -0.256. The van der Waals surface area contributed by atoms with Crippen molar-refractivity contribution in [3.05, 3.63) is 35.1 Å². The number of ketones is 1. The van der Waals surface area contributed by atoms with Crippen LogP contribution in [0.15, 0.2) is 18.2 Å². The van der Waals surface area contributed by atoms with Gasteiger partial charge in [0.15, 0.2) is 0 Å². The van der Waals surface area contributed by atoms with Gasteiger partial charge in [0.1, 0.15) is 11.6 Å². The van der Waals surface area contributed by atoms with Gasteiger partial charge in [-0.1, -0.05) is 6.07 Å². The van der Waals surface area contributed by atoms with Crippen LogP contribution in [0.3, 0.4) is 0 Å². The number of carbonyl (C=O) groups is 1. The average Bonchev–Trinajstić information content (AvgIpc) is 2.32. The van der Waals surface area contributed by atoms with Crippen LogP contribution in [0.1, 0.15) is 30.0 Å². The van der Waals surface area contributed by atoms with Crippen LogP contribution in [0, 0.1) is 5.82 Å². The summed E-state index contributed by atoms with van der Waals surface area (Å²) < 4.78 is 13.1. The Morgan fingerprint density at radius 1 is 1.53 bits per heavy atom. The van der Waals surface area contributed by atoms with Crippen molar-refractivity contribution in [1.29, 1.82) is 0 Å². The lowest BCUT2D eigenvalue weighted by molar-refractivity contribution is -0.158. The molecule has 0 aliphatic carbocycles. The van der Waals surface area contributed by atoms with Crippen LogP contribution in [-0.2, 0) is 11.3 Å². The van der Waals surface area contributed by atoms with Gasteiger partial charge in [0.05, 0.1) is 6.04 Å². The van der Waals surface area contributed by atoms with Crippen LogP contribution in [0.4, 0.5) is 4.39 Å². The molecule has 2 rings (SSSR count). The van der Waals surface area contributed by atoms with Crippen molar-refractivity contribution in [2.45, 2.75) is 25.4 Å². The van der Waals surface area contributed by atoms with Crippen LogP contribution in [-0.4, -0.2) is 22.6 Å². The van der Waals surface area contributed by atoms with E-state index in [1.165, 1.54) is 12.1 Å². The number of nitrogens with two attached hydrogens (primary N) is 1. The molecule has 17 heavy (non-hydrogen) atoms. The van der Waals surface area contributed by atoms with E-state index in [9.17, 15) is 14.4 Å². The molecule has 4 nitrogen and oxygen atoms in total. The zero-order chi connectivity index (χ0) is 12.4. The molecular formula is C12H15FN2O2. The van der Waals surface area contributed by atoms with Crippen molar-refractivity contribution < 1.29 is 14.4 Å². The molecule has 1 fully saturated rings. The molecule has 0 aromatic heterocycles. The van der Waals surface area contributed by atoms with Crippen molar-refractivity contribution >= 4 is 5.78 Å². The first-order chi connectivity index (χ1) is 8.11. The number of nitrogens with zero attached hydrogens (tertiary/aromatic N) is 1. The number of piperidine rings is 1. The van der Waals surface area contributed by atoms with Crippen molar-refractivity contribution in [2.24, 2.45) is 5.73 Å². The van der Waals surface area contributed by atoms with E-state index in [2.05, 4.69) is 0 Å². The minimum atomic E-state index is -0.407. The van der Waals surface area contributed by atoms with Crippen LogP contribution < -0.4 is 5.73 Å². The van der Waals surface area contributed by atoms with Crippen molar-refractivity contribution in [3.8, 4) is 0 Å². The van der Waals surface area contributed by atoms with E-state index in [-0.39, 0.29) is 24.6 Å².